The van der Waals surface area contributed by atoms with Crippen molar-refractivity contribution in [3.8, 4) is 10.6 Å². The predicted octanol–water partition coefficient (Wildman–Crippen LogP) is 2.94. The molecule has 0 bridgehead atoms. The van der Waals surface area contributed by atoms with Gasteiger partial charge in [0.2, 0.25) is 5.91 Å². The molecule has 38 heavy (non-hydrogen) atoms. The Morgan fingerprint density at radius 3 is 2.34 bits per heavy atom. The number of anilines is 1. The molecule has 12 nitrogen and oxygen atoms in total. The zero-order valence-electron chi connectivity index (χ0n) is 22.3. The Balaban J connectivity index is 2.03. The zero-order valence-corrected chi connectivity index (χ0v) is 23.1. The van der Waals surface area contributed by atoms with E-state index in [0.29, 0.717) is 10.7 Å². The molecular formula is C25H34N4O8S. The van der Waals surface area contributed by atoms with Gasteiger partial charge in [-0.1, -0.05) is 0 Å². The molecule has 13 heteroatoms. The number of carbonyl (C=O) groups is 4. The minimum Gasteiger partial charge on any atom is -0.463 e. The highest BCUT2D eigenvalue weighted by Gasteiger charge is 2.25. The molecule has 0 saturated carbocycles. The fourth-order valence-electron chi connectivity index (χ4n) is 2.94. The minimum atomic E-state index is -1.14. The molecule has 1 aromatic heterocycles. The summed E-state index contributed by atoms with van der Waals surface area (Å²) in [5, 5.41) is 10.0. The number of thiazole rings is 1. The van der Waals surface area contributed by atoms with Crippen molar-refractivity contribution >= 4 is 40.9 Å². The van der Waals surface area contributed by atoms with Crippen molar-refractivity contribution in [1.29, 1.82) is 0 Å². The SMILES string of the molecule is COCOC[C@H](C)NC(=O)[C@H](COC(C)=O)NC(=O)c1csc(-c2ccc(NC(=O)OC(C)(C)C)cc2)n1. The molecule has 3 amide bonds. The van der Waals surface area contributed by atoms with Crippen LogP contribution in [0.1, 0.15) is 45.1 Å². The monoisotopic (exact) mass is 550 g/mol. The van der Waals surface area contributed by atoms with Crippen LogP contribution in [0.4, 0.5) is 10.5 Å². The van der Waals surface area contributed by atoms with E-state index in [1.165, 1.54) is 25.4 Å². The second kappa shape index (κ2) is 14.4. The van der Waals surface area contributed by atoms with Gasteiger partial charge in [-0.25, -0.2) is 9.78 Å². The van der Waals surface area contributed by atoms with E-state index < -0.39 is 35.5 Å². The van der Waals surface area contributed by atoms with E-state index >= 15 is 0 Å². The molecule has 208 valence electrons. The van der Waals surface area contributed by atoms with Crippen molar-refractivity contribution < 1.29 is 38.1 Å². The Morgan fingerprint density at radius 2 is 1.74 bits per heavy atom. The van der Waals surface area contributed by atoms with E-state index in [9.17, 15) is 19.2 Å². The van der Waals surface area contributed by atoms with Crippen LogP contribution in [-0.2, 0) is 28.5 Å². The van der Waals surface area contributed by atoms with Gasteiger partial charge in [-0.3, -0.25) is 19.7 Å². The maximum absolute atomic E-state index is 12.8. The first-order valence-corrected chi connectivity index (χ1v) is 12.6. The van der Waals surface area contributed by atoms with Crippen LogP contribution in [0, 0.1) is 0 Å². The van der Waals surface area contributed by atoms with Crippen molar-refractivity contribution in [3.63, 3.8) is 0 Å². The van der Waals surface area contributed by atoms with E-state index in [2.05, 4.69) is 20.9 Å². The standard InChI is InChI=1S/C25H34N4O8S/c1-15(11-35-14-34-6)26-21(31)19(12-36-16(2)30)28-22(32)20-13-38-23(29-20)17-7-9-18(10-8-17)27-24(33)37-25(3,4)5/h7-10,13,15,19H,11-12,14H2,1-6H3,(H,26,31)(H,27,33)(H,28,32)/t15-,19-/m0/s1. The fraction of sp³-hybridized carbons (Fsp3) is 0.480. The van der Waals surface area contributed by atoms with E-state index in [4.69, 9.17) is 18.9 Å². The molecule has 1 heterocycles. The van der Waals surface area contributed by atoms with Crippen LogP contribution in [0.25, 0.3) is 10.6 Å². The van der Waals surface area contributed by atoms with Gasteiger partial charge in [-0.05, 0) is 52.0 Å². The highest BCUT2D eigenvalue weighted by Crippen LogP contribution is 2.25. The van der Waals surface area contributed by atoms with Gasteiger partial charge in [0.1, 0.15) is 35.7 Å². The number of benzene rings is 1. The number of nitrogens with one attached hydrogen (secondary N) is 3. The van der Waals surface area contributed by atoms with Crippen molar-refractivity contribution in [2.75, 3.05) is 32.4 Å². The fourth-order valence-corrected chi connectivity index (χ4v) is 3.74. The lowest BCUT2D eigenvalue weighted by Crippen LogP contribution is -2.52. The third kappa shape index (κ3) is 10.8. The summed E-state index contributed by atoms with van der Waals surface area (Å²) in [5.41, 5.74) is 0.746. The summed E-state index contributed by atoms with van der Waals surface area (Å²) in [4.78, 5) is 53.2. The Kier molecular flexibility index (Phi) is 11.6. The van der Waals surface area contributed by atoms with Crippen LogP contribution in [0.2, 0.25) is 0 Å². The van der Waals surface area contributed by atoms with Gasteiger partial charge in [0.25, 0.3) is 5.91 Å². The van der Waals surface area contributed by atoms with Crippen molar-refractivity contribution in [2.45, 2.75) is 52.3 Å². The molecule has 2 atom stereocenters. The van der Waals surface area contributed by atoms with Gasteiger partial charge < -0.3 is 29.6 Å². The van der Waals surface area contributed by atoms with Crippen molar-refractivity contribution in [2.24, 2.45) is 0 Å². The van der Waals surface area contributed by atoms with E-state index in [1.807, 2.05) is 0 Å². The Morgan fingerprint density at radius 1 is 1.05 bits per heavy atom. The number of hydrogen-bond donors (Lipinski definition) is 3. The third-order valence-electron chi connectivity index (χ3n) is 4.55. The number of ether oxygens (including phenoxy) is 4. The summed E-state index contributed by atoms with van der Waals surface area (Å²) in [5.74, 6) is -1.74. The quantitative estimate of drug-likeness (QED) is 0.206. The Hall–Kier alpha value is -3.55. The molecule has 0 aliphatic carbocycles. The maximum atomic E-state index is 12.8. The van der Waals surface area contributed by atoms with Crippen LogP contribution in [0.3, 0.4) is 0 Å². The maximum Gasteiger partial charge on any atom is 0.412 e. The van der Waals surface area contributed by atoms with Crippen LogP contribution < -0.4 is 16.0 Å². The van der Waals surface area contributed by atoms with E-state index in [-0.39, 0.29) is 31.7 Å². The number of nitrogens with zero attached hydrogens (tertiary/aromatic N) is 1. The summed E-state index contributed by atoms with van der Waals surface area (Å²) >= 11 is 1.24. The number of hydrogen-bond acceptors (Lipinski definition) is 10. The minimum absolute atomic E-state index is 0.0724. The Labute approximate surface area is 225 Å². The van der Waals surface area contributed by atoms with Crippen molar-refractivity contribution in [1.82, 2.24) is 15.6 Å². The number of methoxy groups -OCH3 is 1. The molecule has 1 aromatic carbocycles. The Bertz CT molecular complexity index is 1100. The largest absolute Gasteiger partial charge is 0.463 e. The highest BCUT2D eigenvalue weighted by atomic mass is 32.1. The van der Waals surface area contributed by atoms with Crippen molar-refractivity contribution in [3.05, 3.63) is 35.3 Å². The zero-order chi connectivity index (χ0) is 28.3. The molecule has 3 N–H and O–H groups in total. The second-order valence-electron chi connectivity index (χ2n) is 9.26. The molecule has 0 unspecified atom stereocenters. The predicted molar refractivity (Wildman–Crippen MR) is 141 cm³/mol. The molecule has 2 aromatic rings. The molecule has 0 saturated heterocycles. The topological polar surface area (TPSA) is 154 Å². The summed E-state index contributed by atoms with van der Waals surface area (Å²) in [6, 6.07) is 5.36. The van der Waals surface area contributed by atoms with Gasteiger partial charge in [-0.2, -0.15) is 0 Å². The van der Waals surface area contributed by atoms with E-state index in [1.54, 1.807) is 57.3 Å². The molecule has 0 aliphatic rings. The molecule has 0 fully saturated rings. The molecular weight excluding hydrogens is 516 g/mol. The summed E-state index contributed by atoms with van der Waals surface area (Å²) in [6.45, 7) is 8.17. The first kappa shape index (κ1) is 30.7. The van der Waals surface area contributed by atoms with Crippen LogP contribution in [-0.4, -0.2) is 73.7 Å². The summed E-state index contributed by atoms with van der Waals surface area (Å²) < 4.78 is 20.2. The number of amides is 3. The lowest BCUT2D eigenvalue weighted by atomic mass is 10.2. The molecule has 2 rings (SSSR count). The van der Waals surface area contributed by atoms with Gasteiger partial charge in [0.15, 0.2) is 0 Å². The van der Waals surface area contributed by atoms with Crippen LogP contribution in [0.15, 0.2) is 29.6 Å². The average molecular weight is 551 g/mol. The number of esters is 1. The van der Waals surface area contributed by atoms with Gasteiger partial charge >= 0.3 is 12.1 Å². The van der Waals surface area contributed by atoms with Gasteiger partial charge in [0, 0.05) is 36.7 Å². The average Bonchev–Trinajstić information content (AvgIpc) is 3.31. The number of carbonyl (C=O) groups excluding carboxylic acids is 4. The molecule has 0 spiro atoms. The van der Waals surface area contributed by atoms with Crippen LogP contribution in [0.5, 0.6) is 0 Å². The highest BCUT2D eigenvalue weighted by molar-refractivity contribution is 7.13. The van der Waals surface area contributed by atoms with Crippen LogP contribution >= 0.6 is 11.3 Å². The lowest BCUT2D eigenvalue weighted by molar-refractivity contribution is -0.142. The van der Waals surface area contributed by atoms with Gasteiger partial charge in [-0.15, -0.1) is 11.3 Å². The second-order valence-corrected chi connectivity index (χ2v) is 10.1. The third-order valence-corrected chi connectivity index (χ3v) is 5.44. The lowest BCUT2D eigenvalue weighted by Gasteiger charge is -2.20. The first-order chi connectivity index (χ1) is 17.9. The number of rotatable bonds is 12. The molecule has 0 aliphatic heterocycles. The summed E-state index contributed by atoms with van der Waals surface area (Å²) in [6.07, 6.45) is -0.567. The van der Waals surface area contributed by atoms with Gasteiger partial charge in [0.05, 0.1) is 6.61 Å². The van der Waals surface area contributed by atoms with E-state index in [0.717, 1.165) is 5.56 Å². The normalized spacial score (nSPS) is 12.7. The first-order valence-electron chi connectivity index (χ1n) is 11.7. The number of aromatic nitrogens is 1. The smallest absolute Gasteiger partial charge is 0.412 e. The summed E-state index contributed by atoms with van der Waals surface area (Å²) in [7, 11) is 1.48. The molecule has 0 radical (unpaired) electrons.